The number of aryl methyl sites for hydroxylation is 1. The molecule has 0 aliphatic carbocycles. The molecule has 2 fully saturated rings. The Hall–Kier alpha value is -1.95. The molecule has 24 heavy (non-hydrogen) atoms. The van der Waals surface area contributed by atoms with Gasteiger partial charge in [-0.05, 0) is 38.4 Å². The highest BCUT2D eigenvalue weighted by molar-refractivity contribution is 5.89. The molecule has 0 saturated carbocycles. The van der Waals surface area contributed by atoms with E-state index < -0.39 is 0 Å². The van der Waals surface area contributed by atoms with Crippen LogP contribution in [0.3, 0.4) is 0 Å². The van der Waals surface area contributed by atoms with Gasteiger partial charge in [-0.15, -0.1) is 0 Å². The lowest BCUT2D eigenvalue weighted by molar-refractivity contribution is -0.144. The number of likely N-dealkylation sites (N-methyl/N-ethyl adjacent to an activating group) is 1. The second kappa shape index (κ2) is 7.30. The zero-order chi connectivity index (χ0) is 17.1. The fourth-order valence-corrected chi connectivity index (χ4v) is 3.44. The molecule has 2 aliphatic heterocycles. The Balaban J connectivity index is 1.62. The Morgan fingerprint density at radius 1 is 1.17 bits per heavy atom. The summed E-state index contributed by atoms with van der Waals surface area (Å²) in [6.07, 6.45) is 3.76. The Labute approximate surface area is 143 Å². The Bertz CT molecular complexity index is 594. The standard InChI is InChI=1S/C18H26N4O2/c1-14-5-6-15(13-19-14)12-17(23)22-7-3-4-16(22)18(24)21-10-8-20(2)9-11-21/h5-6,13,16H,3-4,7-12H2,1-2H3. The summed E-state index contributed by atoms with van der Waals surface area (Å²) in [6, 6.07) is 3.58. The molecule has 0 N–H and O–H groups in total. The van der Waals surface area contributed by atoms with Gasteiger partial charge in [0.05, 0.1) is 6.42 Å². The van der Waals surface area contributed by atoms with Crippen LogP contribution in [-0.2, 0) is 16.0 Å². The summed E-state index contributed by atoms with van der Waals surface area (Å²) in [4.78, 5) is 35.7. The van der Waals surface area contributed by atoms with Crippen LogP contribution in [0.5, 0.6) is 0 Å². The molecule has 1 unspecified atom stereocenters. The van der Waals surface area contributed by atoms with Crippen molar-refractivity contribution in [2.24, 2.45) is 0 Å². The summed E-state index contributed by atoms with van der Waals surface area (Å²) in [5.74, 6) is 0.154. The Kier molecular flexibility index (Phi) is 5.14. The van der Waals surface area contributed by atoms with Crippen molar-refractivity contribution in [3.8, 4) is 0 Å². The second-order valence-electron chi connectivity index (χ2n) is 6.86. The number of carbonyl (C=O) groups excluding carboxylic acids is 2. The molecule has 1 aromatic heterocycles. The molecule has 130 valence electrons. The highest BCUT2D eigenvalue weighted by atomic mass is 16.2. The van der Waals surface area contributed by atoms with Crippen molar-refractivity contribution in [3.05, 3.63) is 29.6 Å². The highest BCUT2D eigenvalue weighted by Gasteiger charge is 2.36. The molecular weight excluding hydrogens is 304 g/mol. The number of hydrogen-bond donors (Lipinski definition) is 0. The van der Waals surface area contributed by atoms with Crippen molar-refractivity contribution in [2.45, 2.75) is 32.2 Å². The molecule has 2 aliphatic rings. The van der Waals surface area contributed by atoms with Gasteiger partial charge in [0.25, 0.3) is 0 Å². The van der Waals surface area contributed by atoms with E-state index in [9.17, 15) is 9.59 Å². The summed E-state index contributed by atoms with van der Waals surface area (Å²) in [7, 11) is 2.07. The average Bonchev–Trinajstić information content (AvgIpc) is 3.07. The summed E-state index contributed by atoms with van der Waals surface area (Å²) in [5.41, 5.74) is 1.85. The minimum atomic E-state index is -0.278. The van der Waals surface area contributed by atoms with Crippen LogP contribution in [0.2, 0.25) is 0 Å². The zero-order valence-corrected chi connectivity index (χ0v) is 14.6. The predicted octanol–water partition coefficient (Wildman–Crippen LogP) is 0.698. The number of pyridine rings is 1. The van der Waals surface area contributed by atoms with E-state index in [4.69, 9.17) is 0 Å². The van der Waals surface area contributed by atoms with E-state index in [1.807, 2.05) is 24.0 Å². The van der Waals surface area contributed by atoms with Gasteiger partial charge in [0.2, 0.25) is 11.8 Å². The third kappa shape index (κ3) is 3.75. The second-order valence-corrected chi connectivity index (χ2v) is 6.86. The Morgan fingerprint density at radius 3 is 2.58 bits per heavy atom. The molecule has 2 saturated heterocycles. The van der Waals surface area contributed by atoms with Crippen LogP contribution >= 0.6 is 0 Å². The van der Waals surface area contributed by atoms with Gasteiger partial charge in [0, 0.05) is 44.6 Å². The average molecular weight is 330 g/mol. The molecule has 0 bridgehead atoms. The van der Waals surface area contributed by atoms with E-state index in [-0.39, 0.29) is 17.9 Å². The molecule has 2 amide bonds. The number of carbonyl (C=O) groups is 2. The van der Waals surface area contributed by atoms with Gasteiger partial charge in [-0.3, -0.25) is 14.6 Å². The molecule has 0 radical (unpaired) electrons. The molecule has 3 heterocycles. The molecule has 1 aromatic rings. The summed E-state index contributed by atoms with van der Waals surface area (Å²) in [5, 5.41) is 0. The summed E-state index contributed by atoms with van der Waals surface area (Å²) >= 11 is 0. The lowest BCUT2D eigenvalue weighted by Crippen LogP contribution is -2.53. The molecule has 6 heteroatoms. The molecule has 0 spiro atoms. The van der Waals surface area contributed by atoms with Gasteiger partial charge in [-0.1, -0.05) is 6.07 Å². The number of amides is 2. The maximum Gasteiger partial charge on any atom is 0.245 e. The smallest absolute Gasteiger partial charge is 0.245 e. The van der Waals surface area contributed by atoms with Crippen molar-refractivity contribution >= 4 is 11.8 Å². The number of likely N-dealkylation sites (tertiary alicyclic amines) is 1. The lowest BCUT2D eigenvalue weighted by atomic mass is 10.1. The van der Waals surface area contributed by atoms with Crippen LogP contribution in [0.15, 0.2) is 18.3 Å². The van der Waals surface area contributed by atoms with Crippen LogP contribution in [-0.4, -0.2) is 77.3 Å². The van der Waals surface area contributed by atoms with Gasteiger partial charge >= 0.3 is 0 Å². The first kappa shape index (κ1) is 16.9. The van der Waals surface area contributed by atoms with Crippen LogP contribution in [0.25, 0.3) is 0 Å². The fraction of sp³-hybridized carbons (Fsp3) is 0.611. The molecule has 0 aromatic carbocycles. The Morgan fingerprint density at radius 2 is 1.92 bits per heavy atom. The van der Waals surface area contributed by atoms with Crippen molar-refractivity contribution < 1.29 is 9.59 Å². The molecule has 6 nitrogen and oxygen atoms in total. The van der Waals surface area contributed by atoms with Gasteiger partial charge < -0.3 is 14.7 Å². The van der Waals surface area contributed by atoms with Crippen LogP contribution in [0.1, 0.15) is 24.1 Å². The van der Waals surface area contributed by atoms with Crippen molar-refractivity contribution in [3.63, 3.8) is 0 Å². The number of piperazine rings is 1. The van der Waals surface area contributed by atoms with E-state index in [1.165, 1.54) is 0 Å². The SMILES string of the molecule is Cc1ccc(CC(=O)N2CCCC2C(=O)N2CCN(C)CC2)cn1. The van der Waals surface area contributed by atoms with E-state index in [1.54, 1.807) is 11.1 Å². The predicted molar refractivity (Wildman–Crippen MR) is 91.5 cm³/mol. The van der Waals surface area contributed by atoms with Gasteiger partial charge in [-0.2, -0.15) is 0 Å². The number of nitrogens with zero attached hydrogens (tertiary/aromatic N) is 4. The van der Waals surface area contributed by atoms with Crippen LogP contribution in [0.4, 0.5) is 0 Å². The maximum absolute atomic E-state index is 12.8. The molecular formula is C18H26N4O2. The van der Waals surface area contributed by atoms with Crippen molar-refractivity contribution in [1.29, 1.82) is 0 Å². The normalized spacial score (nSPS) is 22.0. The molecule has 3 rings (SSSR count). The minimum absolute atomic E-state index is 0.0330. The monoisotopic (exact) mass is 330 g/mol. The third-order valence-corrected chi connectivity index (χ3v) is 5.00. The van der Waals surface area contributed by atoms with E-state index in [0.29, 0.717) is 13.0 Å². The first-order chi connectivity index (χ1) is 11.5. The van der Waals surface area contributed by atoms with E-state index in [2.05, 4.69) is 16.9 Å². The van der Waals surface area contributed by atoms with E-state index >= 15 is 0 Å². The van der Waals surface area contributed by atoms with E-state index in [0.717, 1.165) is 50.3 Å². The van der Waals surface area contributed by atoms with Crippen LogP contribution < -0.4 is 0 Å². The topological polar surface area (TPSA) is 56.8 Å². The quantitative estimate of drug-likeness (QED) is 0.819. The van der Waals surface area contributed by atoms with Gasteiger partial charge in [-0.25, -0.2) is 0 Å². The maximum atomic E-state index is 12.8. The largest absolute Gasteiger partial charge is 0.338 e. The van der Waals surface area contributed by atoms with Gasteiger partial charge in [0.1, 0.15) is 6.04 Å². The molecule has 1 atom stereocenters. The van der Waals surface area contributed by atoms with Crippen molar-refractivity contribution in [1.82, 2.24) is 19.7 Å². The van der Waals surface area contributed by atoms with Gasteiger partial charge in [0.15, 0.2) is 0 Å². The summed E-state index contributed by atoms with van der Waals surface area (Å²) < 4.78 is 0. The fourth-order valence-electron chi connectivity index (χ4n) is 3.44. The number of rotatable bonds is 3. The number of aromatic nitrogens is 1. The first-order valence-electron chi connectivity index (χ1n) is 8.73. The summed E-state index contributed by atoms with van der Waals surface area (Å²) in [6.45, 7) is 5.94. The lowest BCUT2D eigenvalue weighted by Gasteiger charge is -2.35. The zero-order valence-electron chi connectivity index (χ0n) is 14.6. The third-order valence-electron chi connectivity index (χ3n) is 5.00. The minimum Gasteiger partial charge on any atom is -0.338 e. The first-order valence-corrected chi connectivity index (χ1v) is 8.73. The number of hydrogen-bond acceptors (Lipinski definition) is 4. The highest BCUT2D eigenvalue weighted by Crippen LogP contribution is 2.21. The van der Waals surface area contributed by atoms with Crippen molar-refractivity contribution in [2.75, 3.05) is 39.8 Å². The van der Waals surface area contributed by atoms with Crippen LogP contribution in [0, 0.1) is 6.92 Å².